The van der Waals surface area contributed by atoms with Crippen molar-refractivity contribution in [3.8, 4) is 11.5 Å². The van der Waals surface area contributed by atoms with Crippen LogP contribution >= 0.6 is 31.9 Å². The van der Waals surface area contributed by atoms with Gasteiger partial charge in [-0.05, 0) is 36.4 Å². The van der Waals surface area contributed by atoms with Crippen molar-refractivity contribution in [1.29, 1.82) is 0 Å². The summed E-state index contributed by atoms with van der Waals surface area (Å²) in [6.45, 7) is 0.206. The fourth-order valence-electron chi connectivity index (χ4n) is 1.58. The van der Waals surface area contributed by atoms with E-state index in [2.05, 4.69) is 41.8 Å². The molecular weight excluding hydrogens is 400 g/mol. The van der Waals surface area contributed by atoms with Crippen LogP contribution in [0, 0.1) is 0 Å². The lowest BCUT2D eigenvalue weighted by atomic mass is 10.2. The van der Waals surface area contributed by atoms with E-state index < -0.39 is 0 Å². The molecule has 6 heteroatoms. The number of hydrogen-bond donors (Lipinski definition) is 2. The third-order valence-electron chi connectivity index (χ3n) is 2.60. The molecular formula is C15H12Br2N2O2. The average Bonchev–Trinajstić information content (AvgIpc) is 2.45. The van der Waals surface area contributed by atoms with Gasteiger partial charge in [0.25, 0.3) is 0 Å². The highest BCUT2D eigenvalue weighted by Crippen LogP contribution is 2.21. The minimum atomic E-state index is 0.163. The first-order valence-corrected chi connectivity index (χ1v) is 7.61. The van der Waals surface area contributed by atoms with Crippen molar-refractivity contribution in [3.63, 3.8) is 0 Å². The number of phenols is 2. The van der Waals surface area contributed by atoms with Gasteiger partial charge in [0, 0.05) is 32.5 Å². The largest absolute Gasteiger partial charge is 0.507 e. The second-order valence-electron chi connectivity index (χ2n) is 4.17. The van der Waals surface area contributed by atoms with Crippen LogP contribution in [-0.2, 0) is 0 Å². The van der Waals surface area contributed by atoms with Crippen molar-refractivity contribution in [3.05, 3.63) is 56.5 Å². The molecule has 0 atom stereocenters. The topological polar surface area (TPSA) is 65.2 Å². The van der Waals surface area contributed by atoms with Crippen molar-refractivity contribution < 1.29 is 10.2 Å². The van der Waals surface area contributed by atoms with E-state index in [0.717, 1.165) is 8.95 Å². The highest BCUT2D eigenvalue weighted by atomic mass is 79.9. The Bertz CT molecular complexity index is 641. The van der Waals surface area contributed by atoms with Gasteiger partial charge in [-0.15, -0.1) is 0 Å². The molecule has 0 spiro atoms. The monoisotopic (exact) mass is 410 g/mol. The van der Waals surface area contributed by atoms with Gasteiger partial charge in [-0.25, -0.2) is 0 Å². The fourth-order valence-corrected chi connectivity index (χ4v) is 2.34. The van der Waals surface area contributed by atoms with Gasteiger partial charge in [0.1, 0.15) is 18.2 Å². The Kier molecular flexibility index (Phi) is 5.52. The van der Waals surface area contributed by atoms with Crippen LogP contribution in [-0.4, -0.2) is 29.3 Å². The smallest absolute Gasteiger partial charge is 0.129 e. The van der Waals surface area contributed by atoms with Crippen molar-refractivity contribution in [2.45, 2.75) is 0 Å². The number of aliphatic imine (C=N–C) groups is 2. The van der Waals surface area contributed by atoms with E-state index in [4.69, 9.17) is 0 Å². The minimum Gasteiger partial charge on any atom is -0.507 e. The van der Waals surface area contributed by atoms with E-state index in [0.29, 0.717) is 11.1 Å². The molecule has 0 radical (unpaired) electrons. The first-order chi connectivity index (χ1) is 10.1. The van der Waals surface area contributed by atoms with Gasteiger partial charge < -0.3 is 10.2 Å². The van der Waals surface area contributed by atoms with Crippen LogP contribution in [0.15, 0.2) is 55.3 Å². The normalized spacial score (nSPS) is 11.5. The van der Waals surface area contributed by atoms with Gasteiger partial charge in [-0.2, -0.15) is 0 Å². The van der Waals surface area contributed by atoms with Crippen LogP contribution in [0.25, 0.3) is 0 Å². The van der Waals surface area contributed by atoms with E-state index >= 15 is 0 Å². The van der Waals surface area contributed by atoms with E-state index in [9.17, 15) is 10.2 Å². The molecule has 2 N–H and O–H groups in total. The maximum atomic E-state index is 9.65. The van der Waals surface area contributed by atoms with Crippen molar-refractivity contribution in [1.82, 2.24) is 0 Å². The predicted octanol–water partition coefficient (Wildman–Crippen LogP) is 4.12. The molecule has 0 aromatic heterocycles. The molecule has 0 aliphatic rings. The Balaban J connectivity index is 2.00. The SMILES string of the molecule is Oc1ccc(Br)cc1/C=N/C/N=C/c1cc(Br)ccc1O. The maximum absolute atomic E-state index is 9.65. The van der Waals surface area contributed by atoms with Crippen molar-refractivity contribution >= 4 is 44.3 Å². The standard InChI is InChI=1S/C15H12Br2N2O2/c16-12-1-3-14(20)10(5-12)7-18-9-19-8-11-6-13(17)2-4-15(11)21/h1-8,20-21H,9H2/b18-7+,19-8+. The van der Waals surface area contributed by atoms with Crippen LogP contribution in [0.1, 0.15) is 11.1 Å². The second kappa shape index (κ2) is 7.38. The Hall–Kier alpha value is -1.66. The first kappa shape index (κ1) is 15.7. The molecule has 0 saturated carbocycles. The molecule has 2 aromatic carbocycles. The second-order valence-corrected chi connectivity index (χ2v) is 6.00. The number of halogens is 2. The number of aromatic hydroxyl groups is 2. The molecule has 2 rings (SSSR count). The summed E-state index contributed by atoms with van der Waals surface area (Å²) in [5, 5.41) is 19.3. The maximum Gasteiger partial charge on any atom is 0.129 e. The summed E-state index contributed by atoms with van der Waals surface area (Å²) in [6.07, 6.45) is 3.11. The summed E-state index contributed by atoms with van der Waals surface area (Å²) < 4.78 is 1.73. The summed E-state index contributed by atoms with van der Waals surface area (Å²) in [5.74, 6) is 0.325. The van der Waals surface area contributed by atoms with Crippen LogP contribution in [0.4, 0.5) is 0 Å². The van der Waals surface area contributed by atoms with Crippen molar-refractivity contribution in [2.75, 3.05) is 6.67 Å². The fraction of sp³-hybridized carbons (Fsp3) is 0.0667. The van der Waals surface area contributed by atoms with E-state index in [1.54, 1.807) is 48.8 Å². The number of benzene rings is 2. The van der Waals surface area contributed by atoms with Gasteiger partial charge >= 0.3 is 0 Å². The molecule has 0 aliphatic carbocycles. The Morgan fingerprint density at radius 2 is 1.24 bits per heavy atom. The molecule has 0 unspecified atom stereocenters. The number of nitrogens with zero attached hydrogens (tertiary/aromatic N) is 2. The lowest BCUT2D eigenvalue weighted by Crippen LogP contribution is -1.86. The molecule has 0 heterocycles. The van der Waals surface area contributed by atoms with Gasteiger partial charge in [0.15, 0.2) is 0 Å². The summed E-state index contributed by atoms with van der Waals surface area (Å²) >= 11 is 6.66. The molecule has 0 fully saturated rings. The Morgan fingerprint density at radius 3 is 1.67 bits per heavy atom. The highest BCUT2D eigenvalue weighted by molar-refractivity contribution is 9.10. The zero-order valence-corrected chi connectivity index (χ0v) is 14.0. The number of phenolic OH excluding ortho intramolecular Hbond substituents is 2. The Labute approximate surface area is 139 Å². The third-order valence-corrected chi connectivity index (χ3v) is 3.59. The molecule has 2 aromatic rings. The molecule has 21 heavy (non-hydrogen) atoms. The minimum absolute atomic E-state index is 0.163. The number of hydrogen-bond acceptors (Lipinski definition) is 4. The lowest BCUT2D eigenvalue weighted by Gasteiger charge is -1.99. The Morgan fingerprint density at radius 1 is 0.810 bits per heavy atom. The molecule has 0 amide bonds. The van der Waals surface area contributed by atoms with Gasteiger partial charge in [-0.1, -0.05) is 31.9 Å². The lowest BCUT2D eigenvalue weighted by molar-refractivity contribution is 0.474. The van der Waals surface area contributed by atoms with Crippen LogP contribution < -0.4 is 0 Å². The average molecular weight is 412 g/mol. The zero-order valence-electron chi connectivity index (χ0n) is 10.9. The van der Waals surface area contributed by atoms with Gasteiger partial charge in [0.2, 0.25) is 0 Å². The summed E-state index contributed by atoms with van der Waals surface area (Å²) in [6, 6.07) is 10.2. The summed E-state index contributed by atoms with van der Waals surface area (Å²) in [4.78, 5) is 8.23. The van der Waals surface area contributed by atoms with E-state index in [1.165, 1.54) is 0 Å². The molecule has 0 bridgehead atoms. The summed E-state index contributed by atoms with van der Waals surface area (Å²) in [7, 11) is 0. The number of rotatable bonds is 4. The van der Waals surface area contributed by atoms with Crippen LogP contribution in [0.2, 0.25) is 0 Å². The highest BCUT2D eigenvalue weighted by Gasteiger charge is 1.99. The zero-order chi connectivity index (χ0) is 15.2. The van der Waals surface area contributed by atoms with Gasteiger partial charge in [0.05, 0.1) is 0 Å². The van der Waals surface area contributed by atoms with E-state index in [1.807, 2.05) is 0 Å². The predicted molar refractivity (Wildman–Crippen MR) is 91.7 cm³/mol. The molecule has 4 nitrogen and oxygen atoms in total. The quantitative estimate of drug-likeness (QED) is 0.743. The third kappa shape index (κ3) is 4.68. The van der Waals surface area contributed by atoms with E-state index in [-0.39, 0.29) is 18.2 Å². The first-order valence-electron chi connectivity index (χ1n) is 6.03. The van der Waals surface area contributed by atoms with Crippen LogP contribution in [0.3, 0.4) is 0 Å². The van der Waals surface area contributed by atoms with Gasteiger partial charge in [-0.3, -0.25) is 9.98 Å². The molecule has 108 valence electrons. The van der Waals surface area contributed by atoms with Crippen LogP contribution in [0.5, 0.6) is 11.5 Å². The molecule has 0 saturated heterocycles. The van der Waals surface area contributed by atoms with Crippen molar-refractivity contribution in [2.24, 2.45) is 9.98 Å². The molecule has 0 aliphatic heterocycles. The summed E-state index contributed by atoms with van der Waals surface area (Å²) in [5.41, 5.74) is 1.23.